The predicted octanol–water partition coefficient (Wildman–Crippen LogP) is 2.95. The summed E-state index contributed by atoms with van der Waals surface area (Å²) in [5, 5.41) is 6.94. The van der Waals surface area contributed by atoms with Gasteiger partial charge in [0.2, 0.25) is 5.91 Å². The van der Waals surface area contributed by atoms with Gasteiger partial charge < -0.3 is 10.7 Å². The van der Waals surface area contributed by atoms with Gasteiger partial charge in [-0.2, -0.15) is 0 Å². The summed E-state index contributed by atoms with van der Waals surface area (Å²) < 4.78 is 0. The Bertz CT molecular complexity index is 862. The summed E-state index contributed by atoms with van der Waals surface area (Å²) in [5.74, 6) is -0.773. The number of aromatic nitrogens is 2. The quantitative estimate of drug-likeness (QED) is 0.620. The van der Waals surface area contributed by atoms with E-state index in [0.717, 1.165) is 10.4 Å². The van der Waals surface area contributed by atoms with Crippen LogP contribution >= 0.6 is 22.7 Å². The molecule has 3 aromatic rings. The van der Waals surface area contributed by atoms with Crippen molar-refractivity contribution in [1.29, 1.82) is 0 Å². The predicted molar refractivity (Wildman–Crippen MR) is 92.4 cm³/mol. The number of nitrogens with two attached hydrogens (primary N) is 1. The van der Waals surface area contributed by atoms with Crippen LogP contribution in [-0.2, 0) is 4.79 Å². The Balaban J connectivity index is 1.67. The normalized spacial score (nSPS) is 11.0. The van der Waals surface area contributed by atoms with Gasteiger partial charge in [0.25, 0.3) is 5.91 Å². The molecule has 4 N–H and O–H groups in total. The number of H-pyrrole nitrogens is 1. The zero-order valence-corrected chi connectivity index (χ0v) is 13.4. The lowest BCUT2D eigenvalue weighted by Gasteiger charge is -1.95. The molecule has 0 aromatic carbocycles. The van der Waals surface area contributed by atoms with Crippen molar-refractivity contribution in [3.63, 3.8) is 0 Å². The van der Waals surface area contributed by atoms with Crippen molar-refractivity contribution in [2.45, 2.75) is 0 Å². The number of carbonyl (C=O) groups is 2. The summed E-state index contributed by atoms with van der Waals surface area (Å²) in [6.07, 6.45) is 4.87. The number of amides is 2. The van der Waals surface area contributed by atoms with Gasteiger partial charge in [-0.25, -0.2) is 4.98 Å². The molecule has 3 rings (SSSR count). The molecular weight excluding hydrogens is 332 g/mol. The van der Waals surface area contributed by atoms with E-state index in [1.807, 2.05) is 17.5 Å². The van der Waals surface area contributed by atoms with E-state index in [4.69, 9.17) is 5.73 Å². The van der Waals surface area contributed by atoms with E-state index in [0.29, 0.717) is 16.5 Å². The fraction of sp³-hybridized carbons (Fsp3) is 0. The molecule has 116 valence electrons. The fourth-order valence-corrected chi connectivity index (χ4v) is 3.18. The summed E-state index contributed by atoms with van der Waals surface area (Å²) >= 11 is 2.87. The van der Waals surface area contributed by atoms with Crippen LogP contribution in [0.2, 0.25) is 0 Å². The third-order valence-electron chi connectivity index (χ3n) is 2.92. The second-order valence-electron chi connectivity index (χ2n) is 4.54. The summed E-state index contributed by atoms with van der Waals surface area (Å²) in [6, 6.07) is 5.48. The number of thiophene rings is 1. The zero-order valence-electron chi connectivity index (χ0n) is 11.8. The Kier molecular flexibility index (Phi) is 4.35. The summed E-state index contributed by atoms with van der Waals surface area (Å²) in [5.41, 5.74) is 6.92. The van der Waals surface area contributed by atoms with Crippen molar-refractivity contribution in [3.05, 3.63) is 51.8 Å². The third-order valence-corrected chi connectivity index (χ3v) is 4.52. The highest BCUT2D eigenvalue weighted by atomic mass is 32.1. The Hall–Kier alpha value is -2.71. The minimum atomic E-state index is -0.529. The molecule has 0 fully saturated rings. The summed E-state index contributed by atoms with van der Waals surface area (Å²) in [4.78, 5) is 31.0. The number of aromatic amines is 1. The second-order valence-corrected chi connectivity index (χ2v) is 6.38. The fourth-order valence-electron chi connectivity index (χ4n) is 1.84. The van der Waals surface area contributed by atoms with Crippen molar-refractivity contribution in [3.8, 4) is 11.3 Å². The van der Waals surface area contributed by atoms with E-state index < -0.39 is 5.91 Å². The Morgan fingerprint density at radius 1 is 1.35 bits per heavy atom. The number of rotatable bonds is 5. The van der Waals surface area contributed by atoms with Gasteiger partial charge in [0, 0.05) is 28.1 Å². The van der Waals surface area contributed by atoms with Gasteiger partial charge in [-0.15, -0.1) is 22.7 Å². The first-order valence-corrected chi connectivity index (χ1v) is 8.34. The number of primary amides is 1. The van der Waals surface area contributed by atoms with E-state index in [1.54, 1.807) is 35.1 Å². The van der Waals surface area contributed by atoms with Crippen molar-refractivity contribution in [1.82, 2.24) is 9.97 Å². The smallest absolute Gasteiger partial charge is 0.265 e. The maximum atomic E-state index is 11.9. The summed E-state index contributed by atoms with van der Waals surface area (Å²) in [7, 11) is 0. The van der Waals surface area contributed by atoms with E-state index in [2.05, 4.69) is 15.3 Å². The maximum Gasteiger partial charge on any atom is 0.265 e. The van der Waals surface area contributed by atoms with Crippen LogP contribution in [0.1, 0.15) is 15.4 Å². The minimum absolute atomic E-state index is 0.244. The number of carbonyl (C=O) groups excluding carboxylic acids is 2. The van der Waals surface area contributed by atoms with E-state index in [1.165, 1.54) is 17.4 Å². The molecule has 0 atom stereocenters. The molecule has 0 aliphatic heterocycles. The molecule has 0 spiro atoms. The highest BCUT2D eigenvalue weighted by Crippen LogP contribution is 2.25. The zero-order chi connectivity index (χ0) is 16.2. The molecule has 3 aromatic heterocycles. The first-order chi connectivity index (χ1) is 11.1. The molecule has 0 saturated carbocycles. The number of anilines is 1. The lowest BCUT2D eigenvalue weighted by Crippen LogP contribution is -2.10. The molecule has 3 heterocycles. The van der Waals surface area contributed by atoms with Crippen molar-refractivity contribution in [2.24, 2.45) is 5.73 Å². The van der Waals surface area contributed by atoms with Crippen LogP contribution in [0.5, 0.6) is 0 Å². The van der Waals surface area contributed by atoms with E-state index in [-0.39, 0.29) is 5.91 Å². The van der Waals surface area contributed by atoms with Crippen molar-refractivity contribution >= 4 is 45.7 Å². The van der Waals surface area contributed by atoms with Crippen molar-refractivity contribution < 1.29 is 9.59 Å². The Morgan fingerprint density at radius 2 is 2.22 bits per heavy atom. The van der Waals surface area contributed by atoms with Gasteiger partial charge in [-0.05, 0) is 23.6 Å². The molecule has 0 aliphatic rings. The molecule has 0 unspecified atom stereocenters. The molecule has 23 heavy (non-hydrogen) atoms. The minimum Gasteiger partial charge on any atom is -0.364 e. The average molecular weight is 344 g/mol. The van der Waals surface area contributed by atoms with Crippen molar-refractivity contribution in [2.75, 3.05) is 5.32 Å². The van der Waals surface area contributed by atoms with Gasteiger partial charge in [-0.1, -0.05) is 6.07 Å². The number of nitrogens with zero attached hydrogens (tertiary/aromatic N) is 1. The number of hydrogen-bond acceptors (Lipinski definition) is 5. The Labute approximate surface area is 139 Å². The molecular formula is C15H12N4O2S2. The third kappa shape index (κ3) is 3.74. The van der Waals surface area contributed by atoms with Crippen LogP contribution < -0.4 is 11.1 Å². The lowest BCUT2D eigenvalue weighted by molar-refractivity contribution is -0.111. The van der Waals surface area contributed by atoms with Crippen LogP contribution in [-0.4, -0.2) is 21.8 Å². The number of thiazole rings is 1. The lowest BCUT2D eigenvalue weighted by atomic mass is 10.2. The van der Waals surface area contributed by atoms with Gasteiger partial charge in [0.05, 0.1) is 5.69 Å². The van der Waals surface area contributed by atoms with Gasteiger partial charge in [-0.3, -0.25) is 14.9 Å². The number of hydrogen-bond donors (Lipinski definition) is 3. The van der Waals surface area contributed by atoms with Gasteiger partial charge >= 0.3 is 0 Å². The highest BCUT2D eigenvalue weighted by molar-refractivity contribution is 7.14. The SMILES string of the molecule is NC(=O)c1cc(-c2csc(NC(=O)/C=C/c3cccs3)n2)c[nH]1. The van der Waals surface area contributed by atoms with Gasteiger partial charge in [0.15, 0.2) is 5.13 Å². The number of nitrogens with one attached hydrogen (secondary N) is 2. The second kappa shape index (κ2) is 6.59. The van der Waals surface area contributed by atoms with Crippen LogP contribution in [0.15, 0.2) is 41.2 Å². The maximum absolute atomic E-state index is 11.9. The molecule has 6 nitrogen and oxygen atoms in total. The first kappa shape index (κ1) is 15.2. The molecule has 8 heteroatoms. The largest absolute Gasteiger partial charge is 0.364 e. The molecule has 2 amide bonds. The molecule has 0 aliphatic carbocycles. The molecule has 0 radical (unpaired) electrons. The van der Waals surface area contributed by atoms with E-state index in [9.17, 15) is 9.59 Å². The first-order valence-electron chi connectivity index (χ1n) is 6.58. The Morgan fingerprint density at radius 3 is 2.91 bits per heavy atom. The average Bonchev–Trinajstić information content (AvgIpc) is 3.26. The van der Waals surface area contributed by atoms with Crippen LogP contribution in [0.3, 0.4) is 0 Å². The summed E-state index contributed by atoms with van der Waals surface area (Å²) in [6.45, 7) is 0. The van der Waals surface area contributed by atoms with E-state index >= 15 is 0 Å². The monoisotopic (exact) mass is 344 g/mol. The van der Waals surface area contributed by atoms with Crippen LogP contribution in [0.25, 0.3) is 17.3 Å². The molecule has 0 saturated heterocycles. The van der Waals surface area contributed by atoms with Gasteiger partial charge in [0.1, 0.15) is 5.69 Å². The highest BCUT2D eigenvalue weighted by Gasteiger charge is 2.10. The van der Waals surface area contributed by atoms with Crippen LogP contribution in [0.4, 0.5) is 5.13 Å². The standard InChI is InChI=1S/C15H12N4O2S2/c16-14(21)11-6-9(7-17-11)12-8-23-15(18-12)19-13(20)4-3-10-2-1-5-22-10/h1-8,17H,(H2,16,21)(H,18,19,20)/b4-3+. The molecule has 0 bridgehead atoms. The van der Waals surface area contributed by atoms with Crippen LogP contribution in [0, 0.1) is 0 Å². The topological polar surface area (TPSA) is 101 Å².